The molecule has 0 aliphatic carbocycles. The molecule has 200 valence electrons. The molecule has 0 spiro atoms. The van der Waals surface area contributed by atoms with Crippen LogP contribution < -0.4 is 22.1 Å². The molecule has 2 heterocycles. The van der Waals surface area contributed by atoms with Crippen molar-refractivity contribution in [3.05, 3.63) is 54.2 Å². The number of nitrogens with two attached hydrogens (primary N) is 2. The van der Waals surface area contributed by atoms with Gasteiger partial charge in [-0.2, -0.15) is 0 Å². The Morgan fingerprint density at radius 1 is 1.16 bits per heavy atom. The van der Waals surface area contributed by atoms with Gasteiger partial charge in [-0.25, -0.2) is 23.7 Å². The molecule has 2 aromatic heterocycles. The molecule has 3 atom stereocenters. The minimum absolute atomic E-state index is 0.0103. The number of hydrogen-bond donors (Lipinski definition) is 5. The average molecular weight is 519 g/mol. The summed E-state index contributed by atoms with van der Waals surface area (Å²) in [5.41, 5.74) is 12.6. The van der Waals surface area contributed by atoms with E-state index in [1.807, 2.05) is 13.8 Å². The highest BCUT2D eigenvalue weighted by atomic mass is 19.1. The fourth-order valence-electron chi connectivity index (χ4n) is 3.67. The Balaban J connectivity index is 1.42. The molecule has 37 heavy (non-hydrogen) atoms. The van der Waals surface area contributed by atoms with Crippen molar-refractivity contribution >= 4 is 23.0 Å². The lowest BCUT2D eigenvalue weighted by atomic mass is 9.93. The first-order valence-corrected chi connectivity index (χ1v) is 11.7. The van der Waals surface area contributed by atoms with Gasteiger partial charge in [-0.05, 0) is 35.6 Å². The quantitative estimate of drug-likeness (QED) is 0.223. The largest absolute Gasteiger partial charge is 0.382 e. The van der Waals surface area contributed by atoms with Crippen LogP contribution in [0.25, 0.3) is 11.2 Å². The Labute approximate surface area is 212 Å². The molecule has 3 aromatic rings. The number of hydrogen-bond acceptors (Lipinski definition) is 8. The zero-order valence-electron chi connectivity index (χ0n) is 20.7. The summed E-state index contributed by atoms with van der Waals surface area (Å²) in [6.07, 6.45) is 2.87. The first kappa shape index (κ1) is 28.0. The summed E-state index contributed by atoms with van der Waals surface area (Å²) in [6, 6.07) is 1.48. The molecule has 3 rings (SSSR count). The molecule has 0 bridgehead atoms. The van der Waals surface area contributed by atoms with Gasteiger partial charge >= 0.3 is 0 Å². The summed E-state index contributed by atoms with van der Waals surface area (Å²) in [4.78, 5) is 36.9. The monoisotopic (exact) mass is 518 g/mol. The Bertz CT molecular complexity index is 1240. The zero-order chi connectivity index (χ0) is 27.2. The first-order valence-electron chi connectivity index (χ1n) is 11.7. The fraction of sp³-hybridized carbons (Fsp3) is 0.458. The molecule has 0 aliphatic heterocycles. The second-order valence-electron chi connectivity index (χ2n) is 9.80. The third-order valence-corrected chi connectivity index (χ3v) is 5.81. The van der Waals surface area contributed by atoms with Gasteiger partial charge in [0.1, 0.15) is 29.6 Å². The number of rotatable bonds is 12. The van der Waals surface area contributed by atoms with Crippen LogP contribution in [-0.4, -0.2) is 67.7 Å². The number of imidazole rings is 1. The van der Waals surface area contributed by atoms with Crippen molar-refractivity contribution in [2.24, 2.45) is 16.9 Å². The third-order valence-electron chi connectivity index (χ3n) is 5.81. The van der Waals surface area contributed by atoms with Gasteiger partial charge in [0.15, 0.2) is 5.65 Å². The SMILES string of the molecule is CC(C)(CNC(=O)CC(N)Cc1cc(F)ccc1F)CNC(=O)[C@@H](O)[C@H](N)Cn1cnc2cncnc21. The van der Waals surface area contributed by atoms with E-state index in [1.54, 1.807) is 10.8 Å². The van der Waals surface area contributed by atoms with Gasteiger partial charge in [0.05, 0.1) is 18.6 Å². The number of nitrogens with zero attached hydrogens (tertiary/aromatic N) is 4. The van der Waals surface area contributed by atoms with Crippen molar-refractivity contribution in [2.75, 3.05) is 13.1 Å². The van der Waals surface area contributed by atoms with Crippen LogP contribution in [-0.2, 0) is 22.6 Å². The van der Waals surface area contributed by atoms with Crippen LogP contribution >= 0.6 is 0 Å². The van der Waals surface area contributed by atoms with Crippen LogP contribution in [0.15, 0.2) is 37.1 Å². The van der Waals surface area contributed by atoms with Crippen molar-refractivity contribution in [2.45, 2.75) is 51.4 Å². The van der Waals surface area contributed by atoms with E-state index in [0.717, 1.165) is 18.2 Å². The number of carbonyl (C=O) groups is 2. The van der Waals surface area contributed by atoms with Gasteiger partial charge in [0.2, 0.25) is 5.91 Å². The third kappa shape index (κ3) is 7.97. The molecule has 11 nitrogen and oxygen atoms in total. The first-order chi connectivity index (χ1) is 17.4. The number of aromatic nitrogens is 4. The van der Waals surface area contributed by atoms with Crippen molar-refractivity contribution in [1.29, 1.82) is 0 Å². The number of aliphatic hydroxyl groups is 1. The van der Waals surface area contributed by atoms with E-state index in [0.29, 0.717) is 11.2 Å². The molecule has 13 heteroatoms. The molecule has 1 unspecified atom stereocenters. The lowest BCUT2D eigenvalue weighted by Crippen LogP contribution is -2.51. The van der Waals surface area contributed by atoms with Crippen LogP contribution in [0.2, 0.25) is 0 Å². The summed E-state index contributed by atoms with van der Waals surface area (Å²) < 4.78 is 28.8. The maximum atomic E-state index is 13.8. The Morgan fingerprint density at radius 2 is 1.89 bits per heavy atom. The van der Waals surface area contributed by atoms with E-state index in [1.165, 1.54) is 12.7 Å². The van der Waals surface area contributed by atoms with E-state index in [4.69, 9.17) is 11.5 Å². The van der Waals surface area contributed by atoms with Crippen molar-refractivity contribution < 1.29 is 23.5 Å². The molecular weight excluding hydrogens is 486 g/mol. The second-order valence-corrected chi connectivity index (χ2v) is 9.80. The highest BCUT2D eigenvalue weighted by Crippen LogP contribution is 2.14. The molecule has 0 saturated carbocycles. The van der Waals surface area contributed by atoms with Gasteiger partial charge in [-0.15, -0.1) is 0 Å². The summed E-state index contributed by atoms with van der Waals surface area (Å²) in [5.74, 6) is -2.16. The van der Waals surface area contributed by atoms with Crippen LogP contribution in [0.1, 0.15) is 25.8 Å². The number of aliphatic hydroxyl groups excluding tert-OH is 1. The summed E-state index contributed by atoms with van der Waals surface area (Å²) >= 11 is 0. The highest BCUT2D eigenvalue weighted by Gasteiger charge is 2.27. The Hall–Kier alpha value is -3.55. The molecule has 0 radical (unpaired) electrons. The molecule has 7 N–H and O–H groups in total. The van der Waals surface area contributed by atoms with Crippen LogP contribution in [0.4, 0.5) is 8.78 Å². The summed E-state index contributed by atoms with van der Waals surface area (Å²) in [7, 11) is 0. The Morgan fingerprint density at radius 3 is 2.65 bits per heavy atom. The lowest BCUT2D eigenvalue weighted by molar-refractivity contribution is -0.130. The molecule has 0 aliphatic rings. The van der Waals surface area contributed by atoms with Gasteiger partial charge in [-0.1, -0.05) is 13.8 Å². The average Bonchev–Trinajstić information content (AvgIpc) is 3.26. The predicted octanol–water partition coefficient (Wildman–Crippen LogP) is 0.0114. The highest BCUT2D eigenvalue weighted by molar-refractivity contribution is 5.81. The van der Waals surface area contributed by atoms with E-state index in [-0.39, 0.29) is 43.9 Å². The standard InChI is InChI=1S/C24H32F2N8O3/c1-24(2,10-30-20(35)7-16(27)6-14-5-15(25)3-4-17(14)26)11-31-23(37)21(36)18(28)9-34-13-33-19-8-29-12-32-22(19)34/h3-5,8,12-13,16,18,21,36H,6-7,9-11,27-28H2,1-2H3,(H,30,35)(H,31,37)/t16?,18-,21+/m1/s1. The van der Waals surface area contributed by atoms with Gasteiger partial charge in [0.25, 0.3) is 5.91 Å². The molecule has 2 amide bonds. The predicted molar refractivity (Wildman–Crippen MR) is 132 cm³/mol. The number of amides is 2. The van der Waals surface area contributed by atoms with Crippen LogP contribution in [0, 0.1) is 17.0 Å². The van der Waals surface area contributed by atoms with E-state index in [9.17, 15) is 23.5 Å². The second kappa shape index (κ2) is 12.1. The van der Waals surface area contributed by atoms with E-state index < -0.39 is 41.1 Å². The number of halogens is 2. The Kier molecular flexibility index (Phi) is 9.18. The summed E-state index contributed by atoms with van der Waals surface area (Å²) in [6.45, 7) is 4.10. The maximum Gasteiger partial charge on any atom is 0.250 e. The minimum atomic E-state index is -1.48. The normalized spacial score (nSPS) is 14.2. The van der Waals surface area contributed by atoms with Crippen molar-refractivity contribution in [3.8, 4) is 0 Å². The number of nitrogens with one attached hydrogen (secondary N) is 2. The van der Waals surface area contributed by atoms with E-state index in [2.05, 4.69) is 25.6 Å². The topological polar surface area (TPSA) is 174 Å². The maximum absolute atomic E-state index is 13.8. The lowest BCUT2D eigenvalue weighted by Gasteiger charge is -2.27. The zero-order valence-corrected chi connectivity index (χ0v) is 20.7. The molecular formula is C24H32F2N8O3. The molecule has 0 fully saturated rings. The minimum Gasteiger partial charge on any atom is -0.382 e. The van der Waals surface area contributed by atoms with Gasteiger partial charge < -0.3 is 31.8 Å². The number of benzene rings is 1. The number of fused-ring (bicyclic) bond motifs is 1. The number of carbonyl (C=O) groups excluding carboxylic acids is 2. The van der Waals surface area contributed by atoms with Gasteiger partial charge in [0, 0.05) is 32.1 Å². The van der Waals surface area contributed by atoms with Crippen LogP contribution in [0.3, 0.4) is 0 Å². The van der Waals surface area contributed by atoms with Gasteiger partial charge in [-0.3, -0.25) is 9.59 Å². The van der Waals surface area contributed by atoms with Crippen molar-refractivity contribution in [1.82, 2.24) is 30.2 Å². The van der Waals surface area contributed by atoms with E-state index >= 15 is 0 Å². The molecule has 0 saturated heterocycles. The van der Waals surface area contributed by atoms with Crippen molar-refractivity contribution in [3.63, 3.8) is 0 Å². The van der Waals surface area contributed by atoms with Crippen LogP contribution in [0.5, 0.6) is 0 Å². The smallest absolute Gasteiger partial charge is 0.250 e. The summed E-state index contributed by atoms with van der Waals surface area (Å²) in [5, 5.41) is 15.8. The fourth-order valence-corrected chi connectivity index (χ4v) is 3.67. The molecule has 1 aromatic carbocycles.